The maximum absolute atomic E-state index is 12.9. The first kappa shape index (κ1) is 16.1. The maximum atomic E-state index is 12.9. The van der Waals surface area contributed by atoms with E-state index >= 15 is 0 Å². The SMILES string of the molecule is FC(F)(F)c1ccc2sc(N3CCCC(N4CCCC4)C3)nc2c1. The number of anilines is 1. The quantitative estimate of drug-likeness (QED) is 0.797. The highest BCUT2D eigenvalue weighted by atomic mass is 32.1. The molecule has 24 heavy (non-hydrogen) atoms. The van der Waals surface area contributed by atoms with Crippen LogP contribution in [-0.2, 0) is 6.18 Å². The second-order valence-electron chi connectivity index (χ2n) is 6.66. The zero-order valence-electron chi connectivity index (χ0n) is 13.4. The Kier molecular flexibility index (Phi) is 4.16. The molecule has 1 aromatic carbocycles. The summed E-state index contributed by atoms with van der Waals surface area (Å²) in [6, 6.07) is 4.41. The van der Waals surface area contributed by atoms with Crippen LogP contribution in [-0.4, -0.2) is 42.1 Å². The molecule has 0 spiro atoms. The normalized spacial score (nSPS) is 23.3. The number of piperidine rings is 1. The highest BCUT2D eigenvalue weighted by Gasteiger charge is 2.31. The third-order valence-electron chi connectivity index (χ3n) is 5.03. The molecular formula is C17H20F3N3S. The third-order valence-corrected chi connectivity index (χ3v) is 6.12. The van der Waals surface area contributed by atoms with Gasteiger partial charge in [-0.2, -0.15) is 13.2 Å². The molecule has 4 rings (SSSR count). The number of alkyl halides is 3. The topological polar surface area (TPSA) is 19.4 Å². The standard InChI is InChI=1S/C17H20F3N3S/c18-17(19,20)12-5-6-15-14(10-12)21-16(24-15)23-9-3-4-13(11-23)22-7-1-2-8-22/h5-6,10,13H,1-4,7-9,11H2. The van der Waals surface area contributed by atoms with Crippen molar-refractivity contribution in [2.24, 2.45) is 0 Å². The highest BCUT2D eigenvalue weighted by molar-refractivity contribution is 7.22. The van der Waals surface area contributed by atoms with Gasteiger partial charge >= 0.3 is 6.18 Å². The van der Waals surface area contributed by atoms with Gasteiger partial charge in [0.05, 0.1) is 15.8 Å². The lowest BCUT2D eigenvalue weighted by atomic mass is 10.1. The number of benzene rings is 1. The molecule has 2 aliphatic heterocycles. The lowest BCUT2D eigenvalue weighted by Gasteiger charge is -2.37. The average molecular weight is 355 g/mol. The lowest BCUT2D eigenvalue weighted by molar-refractivity contribution is -0.137. The first-order chi connectivity index (χ1) is 11.5. The van der Waals surface area contributed by atoms with Crippen LogP contribution in [0.1, 0.15) is 31.2 Å². The Balaban J connectivity index is 1.56. The Hall–Kier alpha value is -1.34. The van der Waals surface area contributed by atoms with Crippen molar-refractivity contribution in [2.75, 3.05) is 31.1 Å². The summed E-state index contributed by atoms with van der Waals surface area (Å²) in [6.07, 6.45) is 0.560. The Morgan fingerprint density at radius 1 is 1.08 bits per heavy atom. The largest absolute Gasteiger partial charge is 0.416 e. The average Bonchev–Trinajstić information content (AvgIpc) is 3.23. The van der Waals surface area contributed by atoms with E-state index in [1.165, 1.54) is 43.7 Å². The van der Waals surface area contributed by atoms with Crippen molar-refractivity contribution in [2.45, 2.75) is 37.9 Å². The molecule has 0 saturated carbocycles. The minimum atomic E-state index is -4.32. The first-order valence-corrected chi connectivity index (χ1v) is 9.29. The van der Waals surface area contributed by atoms with E-state index in [1.807, 2.05) is 0 Å². The third kappa shape index (κ3) is 3.11. The summed E-state index contributed by atoms with van der Waals surface area (Å²) >= 11 is 1.50. The summed E-state index contributed by atoms with van der Waals surface area (Å²) in [6.45, 7) is 4.23. The van der Waals surface area contributed by atoms with Crippen LogP contribution in [0.25, 0.3) is 10.2 Å². The number of fused-ring (bicyclic) bond motifs is 1. The second-order valence-corrected chi connectivity index (χ2v) is 7.67. The molecule has 2 saturated heterocycles. The van der Waals surface area contributed by atoms with Gasteiger partial charge in [0.15, 0.2) is 5.13 Å². The van der Waals surface area contributed by atoms with E-state index in [4.69, 9.17) is 0 Å². The number of hydrogen-bond donors (Lipinski definition) is 0. The molecule has 3 nitrogen and oxygen atoms in total. The molecule has 130 valence electrons. The smallest absolute Gasteiger partial charge is 0.346 e. The zero-order valence-corrected chi connectivity index (χ0v) is 14.2. The summed E-state index contributed by atoms with van der Waals surface area (Å²) in [5.41, 5.74) is -0.173. The molecule has 1 aromatic heterocycles. The maximum Gasteiger partial charge on any atom is 0.416 e. The number of aromatic nitrogens is 1. The fourth-order valence-electron chi connectivity index (χ4n) is 3.76. The molecule has 7 heteroatoms. The Morgan fingerprint density at radius 3 is 2.62 bits per heavy atom. The van der Waals surface area contributed by atoms with E-state index in [0.717, 1.165) is 41.5 Å². The molecule has 2 aliphatic rings. The van der Waals surface area contributed by atoms with Gasteiger partial charge in [0, 0.05) is 19.1 Å². The van der Waals surface area contributed by atoms with E-state index in [-0.39, 0.29) is 0 Å². The van der Waals surface area contributed by atoms with Gasteiger partial charge in [-0.25, -0.2) is 4.98 Å². The number of nitrogens with zero attached hydrogens (tertiary/aromatic N) is 3. The molecule has 1 atom stereocenters. The summed E-state index contributed by atoms with van der Waals surface area (Å²) < 4.78 is 39.4. The van der Waals surface area contributed by atoms with Crippen LogP contribution >= 0.6 is 11.3 Å². The first-order valence-electron chi connectivity index (χ1n) is 8.47. The Bertz CT molecular complexity index is 721. The Morgan fingerprint density at radius 2 is 1.88 bits per heavy atom. The molecule has 0 radical (unpaired) electrons. The molecule has 1 unspecified atom stereocenters. The fraction of sp³-hybridized carbons (Fsp3) is 0.588. The van der Waals surface area contributed by atoms with Gasteiger partial charge in [-0.05, 0) is 57.0 Å². The minimum Gasteiger partial charge on any atom is -0.346 e. The number of likely N-dealkylation sites (tertiary alicyclic amines) is 1. The van der Waals surface area contributed by atoms with Crippen molar-refractivity contribution in [3.8, 4) is 0 Å². The minimum absolute atomic E-state index is 0.452. The highest BCUT2D eigenvalue weighted by Crippen LogP contribution is 2.36. The van der Waals surface area contributed by atoms with Crippen LogP contribution in [0.3, 0.4) is 0 Å². The molecule has 0 amide bonds. The van der Waals surface area contributed by atoms with Crippen LogP contribution in [0, 0.1) is 0 Å². The molecule has 0 bridgehead atoms. The van der Waals surface area contributed by atoms with E-state index in [1.54, 1.807) is 6.07 Å². The summed E-state index contributed by atoms with van der Waals surface area (Å²) in [7, 11) is 0. The van der Waals surface area contributed by atoms with Gasteiger partial charge in [-0.3, -0.25) is 4.90 Å². The monoisotopic (exact) mass is 355 g/mol. The molecule has 3 heterocycles. The van der Waals surface area contributed by atoms with Gasteiger partial charge in [0.25, 0.3) is 0 Å². The lowest BCUT2D eigenvalue weighted by Crippen LogP contribution is -2.47. The summed E-state index contributed by atoms with van der Waals surface area (Å²) in [4.78, 5) is 9.31. The van der Waals surface area contributed by atoms with Crippen LogP contribution in [0.2, 0.25) is 0 Å². The van der Waals surface area contributed by atoms with Crippen LogP contribution in [0.15, 0.2) is 18.2 Å². The van der Waals surface area contributed by atoms with Crippen LogP contribution in [0.5, 0.6) is 0 Å². The molecule has 2 fully saturated rings. The van der Waals surface area contributed by atoms with Crippen molar-refractivity contribution in [3.63, 3.8) is 0 Å². The van der Waals surface area contributed by atoms with Crippen molar-refractivity contribution in [1.29, 1.82) is 0 Å². The predicted octanol–water partition coefficient (Wildman–Crippen LogP) is 4.38. The van der Waals surface area contributed by atoms with E-state index in [0.29, 0.717) is 11.6 Å². The molecule has 0 N–H and O–H groups in total. The number of hydrogen-bond acceptors (Lipinski definition) is 4. The summed E-state index contributed by atoms with van der Waals surface area (Å²) in [5, 5.41) is 0.855. The number of thiazole rings is 1. The zero-order chi connectivity index (χ0) is 16.7. The molecule has 0 aliphatic carbocycles. The van der Waals surface area contributed by atoms with Crippen molar-refractivity contribution < 1.29 is 13.2 Å². The van der Waals surface area contributed by atoms with E-state index < -0.39 is 11.7 Å². The molecule has 2 aromatic rings. The van der Waals surface area contributed by atoms with Crippen molar-refractivity contribution in [1.82, 2.24) is 9.88 Å². The van der Waals surface area contributed by atoms with Gasteiger partial charge in [-0.15, -0.1) is 0 Å². The number of halogens is 3. The fourth-order valence-corrected chi connectivity index (χ4v) is 4.74. The molecular weight excluding hydrogens is 335 g/mol. The van der Waals surface area contributed by atoms with Gasteiger partial charge < -0.3 is 4.90 Å². The van der Waals surface area contributed by atoms with Crippen LogP contribution < -0.4 is 4.90 Å². The van der Waals surface area contributed by atoms with Gasteiger partial charge in [0.2, 0.25) is 0 Å². The Labute approximate surface area is 143 Å². The van der Waals surface area contributed by atoms with Gasteiger partial charge in [0.1, 0.15) is 0 Å². The second kappa shape index (κ2) is 6.19. The van der Waals surface area contributed by atoms with E-state index in [2.05, 4.69) is 14.8 Å². The van der Waals surface area contributed by atoms with E-state index in [9.17, 15) is 13.2 Å². The summed E-state index contributed by atoms with van der Waals surface area (Å²) in [5.74, 6) is 0. The van der Waals surface area contributed by atoms with Crippen LogP contribution in [0.4, 0.5) is 18.3 Å². The van der Waals surface area contributed by atoms with Crippen molar-refractivity contribution >= 4 is 26.7 Å². The van der Waals surface area contributed by atoms with Crippen molar-refractivity contribution in [3.05, 3.63) is 23.8 Å². The number of rotatable bonds is 2. The van der Waals surface area contributed by atoms with Gasteiger partial charge in [-0.1, -0.05) is 11.3 Å². The predicted molar refractivity (Wildman–Crippen MR) is 90.7 cm³/mol.